The molecule has 392 valence electrons. The summed E-state index contributed by atoms with van der Waals surface area (Å²) in [5.74, 6) is -0.0763. The van der Waals surface area contributed by atoms with E-state index in [1.54, 1.807) is 0 Å². The van der Waals surface area contributed by atoms with Crippen LogP contribution in [0.25, 0.3) is 0 Å². The first kappa shape index (κ1) is 64.3. The van der Waals surface area contributed by atoms with Crippen LogP contribution in [0.1, 0.15) is 317 Å². The maximum Gasteiger partial charge on any atom is 0.306 e. The van der Waals surface area contributed by atoms with E-state index in [1.807, 2.05) is 0 Å². The van der Waals surface area contributed by atoms with E-state index in [0.29, 0.717) is 19.3 Å². The highest BCUT2D eigenvalue weighted by molar-refractivity contribution is 5.71. The predicted octanol–water partition coefficient (Wildman–Crippen LogP) is 17.0. The number of unbranched alkanes of at least 4 members (excludes halogenated alkanes) is 30. The van der Waals surface area contributed by atoms with E-state index < -0.39 is 6.10 Å². The molecule has 0 aromatic rings. The van der Waals surface area contributed by atoms with Crippen LogP contribution in [0.4, 0.5) is 0 Å². The molecule has 8 heteroatoms. The van der Waals surface area contributed by atoms with Crippen molar-refractivity contribution >= 4 is 17.9 Å². The highest BCUT2D eigenvalue weighted by Crippen LogP contribution is 2.20. The van der Waals surface area contributed by atoms with Crippen LogP contribution >= 0.6 is 0 Å². The van der Waals surface area contributed by atoms with Gasteiger partial charge >= 0.3 is 17.9 Å². The smallest absolute Gasteiger partial charge is 0.306 e. The second-order valence-corrected chi connectivity index (χ2v) is 20.5. The zero-order chi connectivity index (χ0) is 48.4. The lowest BCUT2D eigenvalue weighted by molar-refractivity contribution is -0.167. The SMILES string of the molecule is CCCCCCC(C)CCCCCCCCCCC(=O)OCC(COC(=O)CCCCCCCCCCC(O)CCCCCC)OC(=O)CCCCCCCCCCC(O)CCCCCC. The Morgan fingerprint density at radius 3 is 0.879 bits per heavy atom. The van der Waals surface area contributed by atoms with E-state index in [1.165, 1.54) is 148 Å². The molecule has 0 saturated carbocycles. The number of hydrogen-bond acceptors (Lipinski definition) is 8. The van der Waals surface area contributed by atoms with Gasteiger partial charge in [-0.15, -0.1) is 0 Å². The lowest BCUT2D eigenvalue weighted by Gasteiger charge is -2.18. The van der Waals surface area contributed by atoms with Crippen LogP contribution in [0.3, 0.4) is 0 Å². The summed E-state index contributed by atoms with van der Waals surface area (Å²) in [5, 5.41) is 20.4. The Morgan fingerprint density at radius 1 is 0.333 bits per heavy atom. The van der Waals surface area contributed by atoms with Gasteiger partial charge in [-0.3, -0.25) is 14.4 Å². The molecule has 0 bridgehead atoms. The standard InChI is InChI=1S/C58H112O8/c1-5-8-11-32-41-52(4)42-33-26-20-14-17-23-29-38-47-56(61)64-50-55(66-58(63)49-40-31-25-19-16-22-28-37-46-54(60)44-35-13-10-7-3)51-65-57(62)48-39-30-24-18-15-21-27-36-45-53(59)43-34-12-9-6-2/h52-55,59-60H,5-51H2,1-4H3. The number of hydrogen-bond donors (Lipinski definition) is 2. The topological polar surface area (TPSA) is 119 Å². The van der Waals surface area contributed by atoms with Gasteiger partial charge in [0.15, 0.2) is 6.10 Å². The first-order chi connectivity index (χ1) is 32.2. The quantitative estimate of drug-likeness (QED) is 0.0352. The molecule has 0 fully saturated rings. The monoisotopic (exact) mass is 937 g/mol. The number of aliphatic hydroxyl groups is 2. The number of rotatable bonds is 53. The molecule has 4 unspecified atom stereocenters. The molecule has 0 amide bonds. The van der Waals surface area contributed by atoms with Crippen molar-refractivity contribution in [3.8, 4) is 0 Å². The van der Waals surface area contributed by atoms with Crippen LogP contribution in [0.2, 0.25) is 0 Å². The minimum Gasteiger partial charge on any atom is -0.462 e. The first-order valence-electron chi connectivity index (χ1n) is 29.1. The second-order valence-electron chi connectivity index (χ2n) is 20.5. The molecule has 0 aliphatic heterocycles. The lowest BCUT2D eigenvalue weighted by Crippen LogP contribution is -2.30. The average Bonchev–Trinajstić information content (AvgIpc) is 3.30. The third kappa shape index (κ3) is 48.8. The van der Waals surface area contributed by atoms with Crippen LogP contribution in [0, 0.1) is 5.92 Å². The molecule has 0 radical (unpaired) electrons. The van der Waals surface area contributed by atoms with Gasteiger partial charge in [0.05, 0.1) is 12.2 Å². The molecular weight excluding hydrogens is 825 g/mol. The Hall–Kier alpha value is -1.67. The van der Waals surface area contributed by atoms with Crippen LogP contribution in [-0.2, 0) is 28.6 Å². The molecule has 0 heterocycles. The fourth-order valence-electron chi connectivity index (χ4n) is 9.09. The first-order valence-corrected chi connectivity index (χ1v) is 29.1. The fourth-order valence-corrected chi connectivity index (χ4v) is 9.09. The van der Waals surface area contributed by atoms with Gasteiger partial charge in [0, 0.05) is 19.3 Å². The normalized spacial score (nSPS) is 13.4. The number of ether oxygens (including phenoxy) is 3. The minimum absolute atomic E-state index is 0.0942. The van der Waals surface area contributed by atoms with Gasteiger partial charge in [0.25, 0.3) is 0 Å². The molecule has 0 aliphatic rings. The Balaban J connectivity index is 4.41. The van der Waals surface area contributed by atoms with Crippen molar-refractivity contribution in [1.82, 2.24) is 0 Å². The molecule has 4 atom stereocenters. The molecule has 0 aromatic carbocycles. The van der Waals surface area contributed by atoms with E-state index >= 15 is 0 Å². The maximum absolute atomic E-state index is 12.9. The Morgan fingerprint density at radius 2 is 0.576 bits per heavy atom. The third-order valence-electron chi connectivity index (χ3n) is 13.7. The summed E-state index contributed by atoms with van der Waals surface area (Å²) in [4.78, 5) is 38.2. The van der Waals surface area contributed by atoms with Gasteiger partial charge in [-0.1, -0.05) is 252 Å². The second kappa shape index (κ2) is 51.2. The number of aliphatic hydroxyl groups excluding tert-OH is 2. The number of carbonyl (C=O) groups excluding carboxylic acids is 3. The van der Waals surface area contributed by atoms with Crippen molar-refractivity contribution in [2.45, 2.75) is 335 Å². The molecule has 0 rings (SSSR count). The Bertz CT molecular complexity index is 981. The fraction of sp³-hybridized carbons (Fsp3) is 0.948. The van der Waals surface area contributed by atoms with Crippen LogP contribution < -0.4 is 0 Å². The van der Waals surface area contributed by atoms with Crippen molar-refractivity contribution in [3.63, 3.8) is 0 Å². The number of carbonyl (C=O) groups is 3. The number of esters is 3. The molecule has 2 N–H and O–H groups in total. The third-order valence-corrected chi connectivity index (χ3v) is 13.7. The zero-order valence-electron chi connectivity index (χ0n) is 44.4. The molecule has 0 aliphatic carbocycles. The maximum atomic E-state index is 12.9. The molecule has 66 heavy (non-hydrogen) atoms. The van der Waals surface area contributed by atoms with Crippen molar-refractivity contribution in [2.75, 3.05) is 13.2 Å². The van der Waals surface area contributed by atoms with Gasteiger partial charge < -0.3 is 24.4 Å². The summed E-state index contributed by atoms with van der Waals surface area (Å²) in [6, 6.07) is 0. The van der Waals surface area contributed by atoms with Gasteiger partial charge in [0.2, 0.25) is 0 Å². The van der Waals surface area contributed by atoms with E-state index in [4.69, 9.17) is 14.2 Å². The largest absolute Gasteiger partial charge is 0.462 e. The minimum atomic E-state index is -0.800. The van der Waals surface area contributed by atoms with Gasteiger partial charge in [-0.25, -0.2) is 0 Å². The van der Waals surface area contributed by atoms with E-state index in [9.17, 15) is 24.6 Å². The van der Waals surface area contributed by atoms with Gasteiger partial charge in [-0.05, 0) is 50.9 Å². The van der Waals surface area contributed by atoms with E-state index in [0.717, 1.165) is 128 Å². The van der Waals surface area contributed by atoms with Crippen LogP contribution in [-0.4, -0.2) is 59.6 Å². The molecule has 0 spiro atoms. The summed E-state index contributed by atoms with van der Waals surface area (Å²) in [6.07, 6.45) is 48.1. The van der Waals surface area contributed by atoms with Crippen molar-refractivity contribution in [2.24, 2.45) is 5.92 Å². The zero-order valence-corrected chi connectivity index (χ0v) is 44.4. The molecule has 8 nitrogen and oxygen atoms in total. The van der Waals surface area contributed by atoms with Crippen LogP contribution in [0.5, 0.6) is 0 Å². The average molecular weight is 938 g/mol. The van der Waals surface area contributed by atoms with Crippen molar-refractivity contribution < 1.29 is 38.8 Å². The summed E-state index contributed by atoms with van der Waals surface area (Å²) in [6.45, 7) is 8.92. The molecule has 0 aromatic heterocycles. The highest BCUT2D eigenvalue weighted by atomic mass is 16.6. The lowest BCUT2D eigenvalue weighted by atomic mass is 9.96. The van der Waals surface area contributed by atoms with Crippen molar-refractivity contribution in [3.05, 3.63) is 0 Å². The van der Waals surface area contributed by atoms with Crippen LogP contribution in [0.15, 0.2) is 0 Å². The predicted molar refractivity (Wildman–Crippen MR) is 278 cm³/mol. The molecule has 0 saturated heterocycles. The summed E-state index contributed by atoms with van der Waals surface area (Å²) < 4.78 is 16.8. The summed E-state index contributed by atoms with van der Waals surface area (Å²) >= 11 is 0. The molecular formula is C58H112O8. The highest BCUT2D eigenvalue weighted by Gasteiger charge is 2.20. The van der Waals surface area contributed by atoms with Crippen molar-refractivity contribution in [1.29, 1.82) is 0 Å². The van der Waals surface area contributed by atoms with E-state index in [-0.39, 0.29) is 43.3 Å². The summed E-state index contributed by atoms with van der Waals surface area (Å²) in [5.41, 5.74) is 0. The Kier molecular flexibility index (Phi) is 49.9. The Labute approximate surface area is 409 Å². The van der Waals surface area contributed by atoms with Gasteiger partial charge in [0.1, 0.15) is 13.2 Å². The van der Waals surface area contributed by atoms with E-state index in [2.05, 4.69) is 27.7 Å². The summed E-state index contributed by atoms with van der Waals surface area (Å²) in [7, 11) is 0. The van der Waals surface area contributed by atoms with Gasteiger partial charge in [-0.2, -0.15) is 0 Å².